The van der Waals surface area contributed by atoms with Crippen molar-refractivity contribution >= 4 is 24.2 Å². The summed E-state index contributed by atoms with van der Waals surface area (Å²) in [5.74, 6) is -0.177. The zero-order valence-electron chi connectivity index (χ0n) is 7.69. The second-order valence-electron chi connectivity index (χ2n) is 2.86. The smallest absolute Gasteiger partial charge is 0.236 e. The van der Waals surface area contributed by atoms with Gasteiger partial charge in [0.15, 0.2) is 0 Å². The summed E-state index contributed by atoms with van der Waals surface area (Å²) >= 11 is 4.00. The number of rotatable bonds is 2. The van der Waals surface area contributed by atoms with E-state index in [1.54, 1.807) is 31.2 Å². The number of nitriles is 1. The maximum absolute atomic E-state index is 11.2. The number of hydrogen-bond acceptors (Lipinski definition) is 3. The maximum atomic E-state index is 11.2. The molecule has 1 N–H and O–H groups in total. The molecule has 4 heteroatoms. The third-order valence-corrected chi connectivity index (χ3v) is 1.87. The van der Waals surface area contributed by atoms with E-state index in [4.69, 9.17) is 5.26 Å². The highest BCUT2D eigenvalue weighted by atomic mass is 32.1. The molecule has 0 aromatic heterocycles. The van der Waals surface area contributed by atoms with Crippen LogP contribution in [0.15, 0.2) is 24.3 Å². The van der Waals surface area contributed by atoms with E-state index in [2.05, 4.69) is 17.9 Å². The van der Waals surface area contributed by atoms with Crippen LogP contribution in [0.4, 0.5) is 5.69 Å². The Morgan fingerprint density at radius 1 is 1.64 bits per heavy atom. The van der Waals surface area contributed by atoms with E-state index >= 15 is 0 Å². The molecule has 0 aliphatic carbocycles. The van der Waals surface area contributed by atoms with E-state index in [1.165, 1.54) is 0 Å². The van der Waals surface area contributed by atoms with Gasteiger partial charge in [-0.2, -0.15) is 17.9 Å². The molecule has 1 aromatic rings. The van der Waals surface area contributed by atoms with Crippen LogP contribution in [0.1, 0.15) is 12.5 Å². The molecule has 0 saturated carbocycles. The highest BCUT2D eigenvalue weighted by Crippen LogP contribution is 2.10. The Bertz CT molecular complexity index is 382. The molecule has 0 fully saturated rings. The van der Waals surface area contributed by atoms with Crippen molar-refractivity contribution in [3.8, 4) is 6.07 Å². The lowest BCUT2D eigenvalue weighted by Crippen LogP contribution is -2.20. The van der Waals surface area contributed by atoms with Gasteiger partial charge in [-0.15, -0.1) is 0 Å². The maximum Gasteiger partial charge on any atom is 0.236 e. The zero-order valence-corrected chi connectivity index (χ0v) is 8.58. The topological polar surface area (TPSA) is 52.9 Å². The Kier molecular flexibility index (Phi) is 3.55. The second kappa shape index (κ2) is 4.68. The molecule has 1 amide bonds. The minimum Gasteiger partial charge on any atom is -0.325 e. The summed E-state index contributed by atoms with van der Waals surface area (Å²) in [6.07, 6.45) is 0. The van der Waals surface area contributed by atoms with Crippen molar-refractivity contribution in [1.82, 2.24) is 0 Å². The minimum absolute atomic E-state index is 0.177. The van der Waals surface area contributed by atoms with Crippen molar-refractivity contribution in [2.75, 3.05) is 5.32 Å². The third-order valence-electron chi connectivity index (χ3n) is 1.64. The Balaban J connectivity index is 2.78. The Morgan fingerprint density at radius 2 is 2.36 bits per heavy atom. The molecule has 14 heavy (non-hydrogen) atoms. The number of anilines is 1. The highest BCUT2D eigenvalue weighted by Gasteiger charge is 2.07. The lowest BCUT2D eigenvalue weighted by Gasteiger charge is -2.06. The first-order chi connectivity index (χ1) is 6.63. The summed E-state index contributed by atoms with van der Waals surface area (Å²) in [7, 11) is 0. The van der Waals surface area contributed by atoms with Gasteiger partial charge >= 0.3 is 0 Å². The monoisotopic (exact) mass is 206 g/mol. The van der Waals surface area contributed by atoms with Crippen LogP contribution in [0.3, 0.4) is 0 Å². The average molecular weight is 206 g/mol. The van der Waals surface area contributed by atoms with Crippen LogP contribution in [0.25, 0.3) is 0 Å². The summed E-state index contributed by atoms with van der Waals surface area (Å²) in [4.78, 5) is 11.2. The van der Waals surface area contributed by atoms with Crippen molar-refractivity contribution < 1.29 is 4.79 Å². The van der Waals surface area contributed by atoms with E-state index < -0.39 is 0 Å². The molecule has 0 aliphatic heterocycles. The fourth-order valence-corrected chi connectivity index (χ4v) is 0.978. The van der Waals surface area contributed by atoms with Crippen LogP contribution in [-0.4, -0.2) is 11.2 Å². The third kappa shape index (κ3) is 2.79. The van der Waals surface area contributed by atoms with Crippen molar-refractivity contribution in [3.63, 3.8) is 0 Å². The van der Waals surface area contributed by atoms with E-state index in [9.17, 15) is 4.79 Å². The predicted molar refractivity (Wildman–Crippen MR) is 58.2 cm³/mol. The van der Waals surface area contributed by atoms with Crippen molar-refractivity contribution in [1.29, 1.82) is 5.26 Å². The van der Waals surface area contributed by atoms with E-state index in [0.717, 1.165) is 0 Å². The van der Waals surface area contributed by atoms with Crippen LogP contribution in [0.5, 0.6) is 0 Å². The first-order valence-electron chi connectivity index (χ1n) is 4.12. The Labute approximate surface area is 88.2 Å². The second-order valence-corrected chi connectivity index (χ2v) is 3.63. The Hall–Kier alpha value is -1.47. The van der Waals surface area contributed by atoms with Gasteiger partial charge in [0.2, 0.25) is 5.91 Å². The van der Waals surface area contributed by atoms with Crippen LogP contribution >= 0.6 is 12.6 Å². The molecular weight excluding hydrogens is 196 g/mol. The summed E-state index contributed by atoms with van der Waals surface area (Å²) in [6, 6.07) is 8.75. The van der Waals surface area contributed by atoms with Crippen molar-refractivity contribution in [2.45, 2.75) is 12.2 Å². The fourth-order valence-electron chi connectivity index (χ4n) is 0.913. The van der Waals surface area contributed by atoms with E-state index in [-0.39, 0.29) is 11.2 Å². The number of amides is 1. The van der Waals surface area contributed by atoms with Gasteiger partial charge in [0, 0.05) is 5.69 Å². The predicted octanol–water partition coefficient (Wildman–Crippen LogP) is 1.82. The van der Waals surface area contributed by atoms with Gasteiger partial charge in [0.25, 0.3) is 0 Å². The lowest BCUT2D eigenvalue weighted by atomic mass is 10.2. The largest absolute Gasteiger partial charge is 0.325 e. The summed E-state index contributed by atoms with van der Waals surface area (Å²) in [6.45, 7) is 1.69. The quantitative estimate of drug-likeness (QED) is 0.725. The number of carbonyl (C=O) groups excluding carboxylic acids is 1. The number of benzene rings is 1. The van der Waals surface area contributed by atoms with Gasteiger partial charge in [-0.05, 0) is 25.1 Å². The van der Waals surface area contributed by atoms with Crippen molar-refractivity contribution in [2.24, 2.45) is 0 Å². The molecule has 0 radical (unpaired) electrons. The van der Waals surface area contributed by atoms with Gasteiger partial charge in [0.05, 0.1) is 16.9 Å². The SMILES string of the molecule is CC(S)C(=O)Nc1cccc(C#N)c1. The van der Waals surface area contributed by atoms with Crippen LogP contribution in [0, 0.1) is 11.3 Å². The van der Waals surface area contributed by atoms with E-state index in [0.29, 0.717) is 11.3 Å². The van der Waals surface area contributed by atoms with Crippen LogP contribution < -0.4 is 5.32 Å². The van der Waals surface area contributed by atoms with Gasteiger partial charge < -0.3 is 5.32 Å². The van der Waals surface area contributed by atoms with Crippen LogP contribution in [-0.2, 0) is 4.79 Å². The van der Waals surface area contributed by atoms with E-state index in [1.807, 2.05) is 6.07 Å². The molecule has 3 nitrogen and oxygen atoms in total. The van der Waals surface area contributed by atoms with Gasteiger partial charge in [-0.1, -0.05) is 6.07 Å². The van der Waals surface area contributed by atoms with Crippen molar-refractivity contribution in [3.05, 3.63) is 29.8 Å². The molecule has 1 rings (SSSR count). The first kappa shape index (κ1) is 10.6. The molecule has 0 bridgehead atoms. The summed E-state index contributed by atoms with van der Waals surface area (Å²) in [5, 5.41) is 10.9. The lowest BCUT2D eigenvalue weighted by molar-refractivity contribution is -0.115. The number of nitrogens with zero attached hydrogens (tertiary/aromatic N) is 1. The minimum atomic E-state index is -0.360. The molecule has 1 aromatic carbocycles. The number of nitrogens with one attached hydrogen (secondary N) is 1. The molecular formula is C10H10N2OS. The van der Waals surface area contributed by atoms with Crippen LogP contribution in [0.2, 0.25) is 0 Å². The molecule has 0 aliphatic rings. The van der Waals surface area contributed by atoms with Gasteiger partial charge in [0.1, 0.15) is 0 Å². The molecule has 0 heterocycles. The van der Waals surface area contributed by atoms with Gasteiger partial charge in [-0.3, -0.25) is 4.79 Å². The Morgan fingerprint density at radius 3 is 2.93 bits per heavy atom. The molecule has 72 valence electrons. The van der Waals surface area contributed by atoms with Gasteiger partial charge in [-0.25, -0.2) is 0 Å². The first-order valence-corrected chi connectivity index (χ1v) is 4.64. The number of hydrogen-bond donors (Lipinski definition) is 2. The standard InChI is InChI=1S/C10H10N2OS/c1-7(14)10(13)12-9-4-2-3-8(5-9)6-11/h2-5,7,14H,1H3,(H,12,13). The summed E-state index contributed by atoms with van der Waals surface area (Å²) in [5.41, 5.74) is 1.14. The molecule has 1 unspecified atom stereocenters. The molecule has 1 atom stereocenters. The molecule has 0 spiro atoms. The average Bonchev–Trinajstić information content (AvgIpc) is 2.18. The zero-order chi connectivity index (χ0) is 10.6. The fraction of sp³-hybridized carbons (Fsp3) is 0.200. The highest BCUT2D eigenvalue weighted by molar-refractivity contribution is 7.81. The normalized spacial score (nSPS) is 11.5. The molecule has 0 saturated heterocycles. The summed E-state index contributed by atoms with van der Waals surface area (Å²) < 4.78 is 0. The number of carbonyl (C=O) groups is 1. The number of thiol groups is 1.